The topological polar surface area (TPSA) is 35.9 Å². The fourth-order valence-corrected chi connectivity index (χ4v) is 11.6. The molecule has 3 heterocycles. The van der Waals surface area contributed by atoms with Gasteiger partial charge in [-0.05, 0) is 191 Å². The SMILES string of the molecule is [2H]c1c([2H])c([2H])c(-c2cc(-c3cc(C(C)(C)C)cc(C(C)(C)C)c3)c(-[n+]3[c-]n(-c4[c-]c(Oc5[c-]c6c(cc5)c5ccccc5n6-c5cc(C([2H])([2H])[2H])c(-c6c([2H])c([2H])c([2H])c([2H])c6[2H])cn5)ccc4)c4cc(-c5c(C([2H])([2H])[2H])cccc5C([2H])([2H])[2H])ccc43)c(-c3c([2H])c(-c4c([2H])c([2H])c([2H])c([2H])c4[2H])c([2H])c(-c4c([2H])c([2H])c([2H])c([2H])c4[2H])c3[2H])c2)c([2H])c1[2H].[Pt]. The second kappa shape index (κ2) is 25.1. The molecule has 95 heavy (non-hydrogen) atoms. The second-order valence-corrected chi connectivity index (χ2v) is 24.4. The maximum Gasteiger partial charge on any atom is 0.268 e. The van der Waals surface area contributed by atoms with Gasteiger partial charge in [-0.15, -0.1) is 29.7 Å². The van der Waals surface area contributed by atoms with E-state index in [1.54, 1.807) is 47.0 Å². The van der Waals surface area contributed by atoms with Crippen molar-refractivity contribution in [3.8, 4) is 107 Å². The fraction of sp³-hybridized carbons (Fsp3) is 0.124. The number of fused-ring (bicyclic) bond motifs is 4. The number of para-hydroxylation sites is 1. The van der Waals surface area contributed by atoms with Gasteiger partial charge in [-0.1, -0.05) is 235 Å². The zero-order valence-corrected chi connectivity index (χ0v) is 54.0. The predicted octanol–water partition coefficient (Wildman–Crippen LogP) is 22.8. The van der Waals surface area contributed by atoms with Gasteiger partial charge in [0.2, 0.25) is 0 Å². The number of aryl methyl sites for hydroxylation is 3. The van der Waals surface area contributed by atoms with Gasteiger partial charge >= 0.3 is 0 Å². The maximum absolute atomic E-state index is 10.8. The summed E-state index contributed by atoms with van der Waals surface area (Å²) in [6, 6.07) is 20.0. The third-order valence-electron chi connectivity index (χ3n) is 16.3. The van der Waals surface area contributed by atoms with Crippen LogP contribution >= 0.6 is 0 Å². The normalized spacial score (nSPS) is 16.9. The molecular formula is C89H72N4OPt-2. The average molecular weight is 1440 g/mol. The van der Waals surface area contributed by atoms with E-state index < -0.39 is 209 Å². The van der Waals surface area contributed by atoms with E-state index in [0.29, 0.717) is 33.0 Å². The molecule has 15 aromatic rings. The van der Waals surface area contributed by atoms with Crippen molar-refractivity contribution in [3.63, 3.8) is 0 Å². The van der Waals surface area contributed by atoms with Gasteiger partial charge < -0.3 is 13.9 Å². The molecule has 0 saturated carbocycles. The number of hydrogen-bond acceptors (Lipinski definition) is 2. The summed E-state index contributed by atoms with van der Waals surface area (Å²) in [4.78, 5) is 4.70. The van der Waals surface area contributed by atoms with Gasteiger partial charge in [0.1, 0.15) is 5.82 Å². The summed E-state index contributed by atoms with van der Waals surface area (Å²) >= 11 is 0. The zero-order valence-electron chi connectivity index (χ0n) is 83.7. The number of ether oxygens (including phenoxy) is 1. The average Bonchev–Trinajstić information content (AvgIpc) is 1.62. The molecule has 0 radical (unpaired) electrons. The molecule has 0 saturated heterocycles. The van der Waals surface area contributed by atoms with Gasteiger partial charge in [0, 0.05) is 62.2 Å². The predicted molar refractivity (Wildman–Crippen MR) is 390 cm³/mol. The molecule has 466 valence electrons. The van der Waals surface area contributed by atoms with Gasteiger partial charge in [0.15, 0.2) is 0 Å². The Hall–Kier alpha value is -10.5. The van der Waals surface area contributed by atoms with Gasteiger partial charge in [-0.2, -0.15) is 18.2 Å². The first-order chi connectivity index (χ1) is 58.8. The summed E-state index contributed by atoms with van der Waals surface area (Å²) < 4.78 is 303. The van der Waals surface area contributed by atoms with Crippen molar-refractivity contribution < 1.29 is 74.2 Å². The molecular weight excluding hydrogens is 1340 g/mol. The van der Waals surface area contributed by atoms with Crippen molar-refractivity contribution in [2.45, 2.75) is 72.9 Å². The number of aromatic nitrogens is 4. The van der Waals surface area contributed by atoms with E-state index in [4.69, 9.17) is 41.2 Å². The second-order valence-electron chi connectivity index (χ2n) is 24.4. The first kappa shape index (κ1) is 35.2. The number of imidazole rings is 1. The summed E-state index contributed by atoms with van der Waals surface area (Å²) in [6.07, 6.45) is 4.60. The van der Waals surface area contributed by atoms with Crippen LogP contribution in [-0.4, -0.2) is 14.1 Å². The molecule has 0 fully saturated rings. The molecule has 0 bridgehead atoms. The number of hydrogen-bond donors (Lipinski definition) is 0. The number of rotatable bonds is 12. The number of pyridine rings is 1. The molecule has 0 amide bonds. The largest absolute Gasteiger partial charge is 0.510 e. The van der Waals surface area contributed by atoms with Crippen molar-refractivity contribution in [2.75, 3.05) is 0 Å². The van der Waals surface area contributed by atoms with E-state index in [2.05, 4.69) is 18.5 Å². The van der Waals surface area contributed by atoms with Gasteiger partial charge in [-0.3, -0.25) is 4.57 Å². The van der Waals surface area contributed by atoms with Crippen LogP contribution in [0.25, 0.3) is 128 Å². The third-order valence-corrected chi connectivity index (χ3v) is 16.3. The van der Waals surface area contributed by atoms with Crippen molar-refractivity contribution in [2.24, 2.45) is 0 Å². The van der Waals surface area contributed by atoms with E-state index in [1.807, 2.05) is 65.8 Å². The summed E-state index contributed by atoms with van der Waals surface area (Å²) in [5, 5.41) is 1.21. The Morgan fingerprint density at radius 2 is 1.02 bits per heavy atom. The molecule has 15 rings (SSSR count). The van der Waals surface area contributed by atoms with Crippen molar-refractivity contribution in [1.29, 1.82) is 0 Å². The molecule has 0 aliphatic carbocycles. The molecule has 0 aliphatic heterocycles. The molecule has 0 spiro atoms. The number of benzene rings is 12. The van der Waals surface area contributed by atoms with Crippen LogP contribution in [0.15, 0.2) is 273 Å². The molecule has 6 heteroatoms. The van der Waals surface area contributed by atoms with Crippen LogP contribution < -0.4 is 9.30 Å². The third kappa shape index (κ3) is 12.0. The summed E-state index contributed by atoms with van der Waals surface area (Å²) in [6.45, 7) is 2.82. The minimum atomic E-state index is -2.97. The van der Waals surface area contributed by atoms with Crippen LogP contribution in [0.2, 0.25) is 0 Å². The van der Waals surface area contributed by atoms with Gasteiger partial charge in [-0.25, -0.2) is 4.98 Å². The molecule has 0 atom stereocenters. The monoisotopic (exact) mass is 1440 g/mol. The van der Waals surface area contributed by atoms with Crippen molar-refractivity contribution in [3.05, 3.63) is 319 Å². The Kier molecular flexibility index (Phi) is 9.30. The van der Waals surface area contributed by atoms with E-state index in [-0.39, 0.29) is 116 Å². The Labute approximate surface area is 617 Å². The molecule has 0 N–H and O–H groups in total. The van der Waals surface area contributed by atoms with Crippen LogP contribution in [0.4, 0.5) is 0 Å². The van der Waals surface area contributed by atoms with E-state index in [9.17, 15) is 12.3 Å². The van der Waals surface area contributed by atoms with Gasteiger partial charge in [0.25, 0.3) is 6.33 Å². The van der Waals surface area contributed by atoms with Gasteiger partial charge in [0.05, 0.1) is 48.2 Å². The van der Waals surface area contributed by atoms with Crippen LogP contribution in [0.5, 0.6) is 11.5 Å². The summed E-state index contributed by atoms with van der Waals surface area (Å²) in [7, 11) is 0. The zero-order chi connectivity index (χ0) is 91.9. The van der Waals surface area contributed by atoms with Crippen LogP contribution in [-0.2, 0) is 31.9 Å². The van der Waals surface area contributed by atoms with Crippen LogP contribution in [0.1, 0.15) is 113 Å². The molecule has 12 aromatic carbocycles. The first-order valence-electron chi connectivity index (χ1n) is 45.9. The van der Waals surface area contributed by atoms with Crippen LogP contribution in [0, 0.1) is 39.0 Å². The molecule has 0 aliphatic rings. The smallest absolute Gasteiger partial charge is 0.268 e. The van der Waals surface area contributed by atoms with Crippen LogP contribution in [0.3, 0.4) is 0 Å². The first-order valence-corrected chi connectivity index (χ1v) is 29.9. The van der Waals surface area contributed by atoms with E-state index in [1.165, 1.54) is 69.8 Å². The minimum absolute atomic E-state index is 0. The molecule has 5 nitrogen and oxygen atoms in total. The quantitative estimate of drug-likeness (QED) is 0.0903. The summed E-state index contributed by atoms with van der Waals surface area (Å²) in [5.41, 5.74) is -5.84. The molecule has 0 unspecified atom stereocenters. The van der Waals surface area contributed by atoms with Crippen molar-refractivity contribution in [1.82, 2.24) is 14.1 Å². The standard InChI is InChI=1S/C89H72N4O.Pt/c1-58-26-24-27-59(2)86(58)65-40-43-82-84(52-65)91(73-36-25-37-74(54-73)94-75-41-42-77-76-38-22-23-39-81(76)93(83(77)55-75)85-44-60(3)80(56-90-85)64-34-20-13-21-35-64)57-92(82)87-78(69-46-66(61-28-14-10-15-29-61)45-67(47-69)62-30-16-11-17-31-62)50-68(63-32-18-12-19-33-63)51-79(87)70-48-71(88(4,5)6)53-72(49-70)89(7,8)9;/h10-53,56H,1-9H3;/q-2;/i1D3,2D3,3D3,10D,11D,12D,13D,14D,15D,16D,17D,18D,19D,20D,21D,28D,29D,30D,31D,32D,33D,34D,35D,45D,46D,47D;. The van der Waals surface area contributed by atoms with E-state index in [0.717, 1.165) is 6.20 Å². The Bertz CT molecular complexity index is 6940. The Balaban J connectivity index is 0.0000131. The molecule has 3 aromatic heterocycles. The van der Waals surface area contributed by atoms with E-state index >= 15 is 0 Å². The number of nitrogens with zero attached hydrogens (tertiary/aromatic N) is 4. The Morgan fingerprint density at radius 3 is 1.64 bits per heavy atom. The Morgan fingerprint density at radius 1 is 0.453 bits per heavy atom. The fourth-order valence-electron chi connectivity index (χ4n) is 11.6. The van der Waals surface area contributed by atoms with Crippen molar-refractivity contribution >= 4 is 32.8 Å². The minimum Gasteiger partial charge on any atom is -0.510 e. The maximum atomic E-state index is 10.8. The summed E-state index contributed by atoms with van der Waals surface area (Å²) in [5.74, 6) is -0.00693.